The summed E-state index contributed by atoms with van der Waals surface area (Å²) < 4.78 is 16.4. The molecule has 0 saturated heterocycles. The van der Waals surface area contributed by atoms with Crippen molar-refractivity contribution in [2.24, 2.45) is 0 Å². The molecule has 0 fully saturated rings. The van der Waals surface area contributed by atoms with E-state index in [1.54, 1.807) is 30.5 Å². The van der Waals surface area contributed by atoms with Gasteiger partial charge in [-0.15, -0.1) is 0 Å². The predicted molar refractivity (Wildman–Crippen MR) is 91.2 cm³/mol. The summed E-state index contributed by atoms with van der Waals surface area (Å²) in [5.74, 6) is 1.83. The molecule has 130 valence electrons. The molecule has 24 heavy (non-hydrogen) atoms. The zero-order chi connectivity index (χ0) is 17.7. The van der Waals surface area contributed by atoms with Crippen LogP contribution in [-0.2, 0) is 14.9 Å². The van der Waals surface area contributed by atoms with Gasteiger partial charge in [0.25, 0.3) is 0 Å². The Morgan fingerprint density at radius 2 is 1.96 bits per heavy atom. The van der Waals surface area contributed by atoms with Crippen LogP contribution in [0.2, 0.25) is 0 Å². The average Bonchev–Trinajstić information content (AvgIpc) is 2.99. The molecule has 0 saturated carbocycles. The van der Waals surface area contributed by atoms with E-state index in [1.165, 1.54) is 7.11 Å². The normalized spacial score (nSPS) is 12.7. The summed E-state index contributed by atoms with van der Waals surface area (Å²) in [6, 6.07) is 7.11. The molecule has 2 rings (SSSR count). The van der Waals surface area contributed by atoms with Gasteiger partial charge in [-0.2, -0.15) is 0 Å². The van der Waals surface area contributed by atoms with Crippen LogP contribution < -0.4 is 10.1 Å². The van der Waals surface area contributed by atoms with E-state index in [0.29, 0.717) is 17.3 Å². The molecule has 1 aromatic carbocycles. The quantitative estimate of drug-likeness (QED) is 0.873. The summed E-state index contributed by atoms with van der Waals surface area (Å²) in [5, 5.41) is 2.72. The second-order valence-electron chi connectivity index (χ2n) is 6.58. The van der Waals surface area contributed by atoms with Crippen molar-refractivity contribution in [1.29, 1.82) is 0 Å². The lowest BCUT2D eigenvalue weighted by atomic mass is 9.94. The minimum atomic E-state index is -0.310. The number of benzene rings is 1. The van der Waals surface area contributed by atoms with Gasteiger partial charge in [0.2, 0.25) is 11.8 Å². The number of carbonyl (C=O) groups excluding carboxylic acids is 1. The Morgan fingerprint density at radius 1 is 1.29 bits per heavy atom. The second kappa shape index (κ2) is 7.49. The molecule has 0 unspecified atom stereocenters. The van der Waals surface area contributed by atoms with Crippen LogP contribution in [0, 0.1) is 0 Å². The lowest BCUT2D eigenvalue weighted by Crippen LogP contribution is -2.16. The van der Waals surface area contributed by atoms with Gasteiger partial charge in [0.1, 0.15) is 18.1 Å². The van der Waals surface area contributed by atoms with Crippen molar-refractivity contribution in [1.82, 2.24) is 4.98 Å². The molecule has 2 aromatic rings. The Kier molecular flexibility index (Phi) is 5.62. The first kappa shape index (κ1) is 18.0. The standard InChI is InChI=1S/C18H24N2O4/c1-12(17-19-10-15(24-17)18(2,3)4)23-14-8-6-13(7-9-14)20-16(21)11-22-5/h6-10,12H,11H2,1-5H3,(H,20,21)/t12-/m0/s1. The van der Waals surface area contributed by atoms with Crippen LogP contribution in [0.1, 0.15) is 45.4 Å². The van der Waals surface area contributed by atoms with E-state index in [-0.39, 0.29) is 24.0 Å². The maximum Gasteiger partial charge on any atom is 0.250 e. The van der Waals surface area contributed by atoms with Crippen molar-refractivity contribution in [3.63, 3.8) is 0 Å². The van der Waals surface area contributed by atoms with Gasteiger partial charge in [-0.05, 0) is 31.2 Å². The van der Waals surface area contributed by atoms with Gasteiger partial charge in [0.15, 0.2) is 6.10 Å². The smallest absolute Gasteiger partial charge is 0.250 e. The molecule has 6 heteroatoms. The summed E-state index contributed by atoms with van der Waals surface area (Å²) in [4.78, 5) is 15.7. The molecule has 1 heterocycles. The van der Waals surface area contributed by atoms with Crippen LogP contribution >= 0.6 is 0 Å². The van der Waals surface area contributed by atoms with Gasteiger partial charge in [0.05, 0.1) is 6.20 Å². The number of amides is 1. The summed E-state index contributed by atoms with van der Waals surface area (Å²) >= 11 is 0. The zero-order valence-electron chi connectivity index (χ0n) is 14.8. The van der Waals surface area contributed by atoms with Crippen molar-refractivity contribution in [2.45, 2.75) is 39.2 Å². The van der Waals surface area contributed by atoms with Crippen molar-refractivity contribution in [2.75, 3.05) is 19.0 Å². The third kappa shape index (κ3) is 4.83. The molecular formula is C18H24N2O4. The van der Waals surface area contributed by atoms with E-state index < -0.39 is 0 Å². The summed E-state index contributed by atoms with van der Waals surface area (Å²) in [6.07, 6.45) is 1.43. The number of nitrogens with zero attached hydrogens (tertiary/aromatic N) is 1. The number of nitrogens with one attached hydrogen (secondary N) is 1. The second-order valence-corrected chi connectivity index (χ2v) is 6.58. The van der Waals surface area contributed by atoms with Gasteiger partial charge in [-0.1, -0.05) is 20.8 Å². The first-order valence-electron chi connectivity index (χ1n) is 7.81. The lowest BCUT2D eigenvalue weighted by Gasteiger charge is -2.15. The van der Waals surface area contributed by atoms with Crippen LogP contribution in [0.3, 0.4) is 0 Å². The topological polar surface area (TPSA) is 73.6 Å². The summed E-state index contributed by atoms with van der Waals surface area (Å²) in [7, 11) is 1.48. The van der Waals surface area contributed by atoms with E-state index in [0.717, 1.165) is 5.76 Å². The number of methoxy groups -OCH3 is 1. The first-order valence-corrected chi connectivity index (χ1v) is 7.81. The zero-order valence-corrected chi connectivity index (χ0v) is 14.8. The van der Waals surface area contributed by atoms with Gasteiger partial charge < -0.3 is 19.2 Å². The Labute approximate surface area is 142 Å². The van der Waals surface area contributed by atoms with E-state index in [4.69, 9.17) is 13.9 Å². The third-order valence-corrected chi connectivity index (χ3v) is 3.34. The summed E-state index contributed by atoms with van der Waals surface area (Å²) in [5.41, 5.74) is 0.593. The minimum Gasteiger partial charge on any atom is -0.481 e. The number of hydrogen-bond acceptors (Lipinski definition) is 5. The van der Waals surface area contributed by atoms with Crippen LogP contribution in [-0.4, -0.2) is 24.6 Å². The number of oxazole rings is 1. The molecule has 6 nitrogen and oxygen atoms in total. The van der Waals surface area contributed by atoms with Crippen LogP contribution in [0.4, 0.5) is 5.69 Å². The number of rotatable bonds is 6. The Balaban J connectivity index is 1.98. The van der Waals surface area contributed by atoms with E-state index >= 15 is 0 Å². The lowest BCUT2D eigenvalue weighted by molar-refractivity contribution is -0.119. The maximum absolute atomic E-state index is 11.5. The van der Waals surface area contributed by atoms with E-state index in [2.05, 4.69) is 31.1 Å². The highest BCUT2D eigenvalue weighted by molar-refractivity contribution is 5.91. The minimum absolute atomic E-state index is 0.0234. The van der Waals surface area contributed by atoms with E-state index in [1.807, 2.05) is 6.92 Å². The molecule has 0 aliphatic heterocycles. The van der Waals surface area contributed by atoms with Crippen molar-refractivity contribution >= 4 is 11.6 Å². The Hall–Kier alpha value is -2.34. The van der Waals surface area contributed by atoms with Crippen molar-refractivity contribution in [3.05, 3.63) is 42.1 Å². The number of hydrogen-bond donors (Lipinski definition) is 1. The summed E-state index contributed by atoms with van der Waals surface area (Å²) in [6.45, 7) is 8.11. The Bertz CT molecular complexity index is 671. The molecule has 1 N–H and O–H groups in total. The highest BCUT2D eigenvalue weighted by atomic mass is 16.5. The van der Waals surface area contributed by atoms with Crippen LogP contribution in [0.25, 0.3) is 0 Å². The molecule has 0 bridgehead atoms. The largest absolute Gasteiger partial charge is 0.481 e. The maximum atomic E-state index is 11.5. The number of carbonyl (C=O) groups is 1. The number of aromatic nitrogens is 1. The molecule has 0 aliphatic carbocycles. The fourth-order valence-electron chi connectivity index (χ4n) is 2.02. The number of ether oxygens (including phenoxy) is 2. The monoisotopic (exact) mass is 332 g/mol. The average molecular weight is 332 g/mol. The van der Waals surface area contributed by atoms with Crippen molar-refractivity contribution in [3.8, 4) is 5.75 Å². The molecule has 1 amide bonds. The molecule has 1 aromatic heterocycles. The Morgan fingerprint density at radius 3 is 2.50 bits per heavy atom. The molecule has 1 atom stereocenters. The van der Waals surface area contributed by atoms with Gasteiger partial charge in [-0.3, -0.25) is 4.79 Å². The predicted octanol–water partition coefficient (Wildman–Crippen LogP) is 3.70. The SMILES string of the molecule is COCC(=O)Nc1ccc(O[C@@H](C)c2ncc(C(C)(C)C)o2)cc1. The van der Waals surface area contributed by atoms with Crippen molar-refractivity contribution < 1.29 is 18.7 Å². The molecular weight excluding hydrogens is 308 g/mol. The highest BCUT2D eigenvalue weighted by Gasteiger charge is 2.22. The van der Waals surface area contributed by atoms with Gasteiger partial charge in [0, 0.05) is 18.2 Å². The van der Waals surface area contributed by atoms with Gasteiger partial charge in [-0.25, -0.2) is 4.98 Å². The fourth-order valence-corrected chi connectivity index (χ4v) is 2.02. The fraction of sp³-hybridized carbons (Fsp3) is 0.444. The first-order chi connectivity index (χ1) is 11.3. The third-order valence-electron chi connectivity index (χ3n) is 3.34. The highest BCUT2D eigenvalue weighted by Crippen LogP contribution is 2.27. The van der Waals surface area contributed by atoms with E-state index in [9.17, 15) is 4.79 Å². The van der Waals surface area contributed by atoms with Crippen LogP contribution in [0.5, 0.6) is 5.75 Å². The molecule has 0 spiro atoms. The van der Waals surface area contributed by atoms with Gasteiger partial charge >= 0.3 is 0 Å². The van der Waals surface area contributed by atoms with Crippen LogP contribution in [0.15, 0.2) is 34.9 Å². The molecule has 0 radical (unpaired) electrons. The molecule has 0 aliphatic rings. The number of anilines is 1.